The zero-order valence-electron chi connectivity index (χ0n) is 28.7. The molecule has 1 saturated carbocycles. The third-order valence-corrected chi connectivity index (χ3v) is 9.69. The first-order valence-electron chi connectivity index (χ1n) is 17.8. The molecule has 0 bridgehead atoms. The van der Waals surface area contributed by atoms with E-state index in [4.69, 9.17) is 0 Å². The third kappa shape index (κ3) is 9.73. The summed E-state index contributed by atoms with van der Waals surface area (Å²) in [5.41, 5.74) is 13.7. The number of hydrogen-bond donors (Lipinski definition) is 2. The summed E-state index contributed by atoms with van der Waals surface area (Å²) in [6.45, 7) is 18.6. The first-order chi connectivity index (χ1) is 21.9. The van der Waals surface area contributed by atoms with Crippen LogP contribution in [-0.4, -0.2) is 6.54 Å². The van der Waals surface area contributed by atoms with Gasteiger partial charge in [-0.1, -0.05) is 114 Å². The molecule has 2 nitrogen and oxygen atoms in total. The normalized spacial score (nSPS) is 16.7. The van der Waals surface area contributed by atoms with Crippen LogP contribution >= 0.6 is 0 Å². The van der Waals surface area contributed by atoms with Gasteiger partial charge in [-0.05, 0) is 116 Å². The Kier molecular flexibility index (Phi) is 13.6. The van der Waals surface area contributed by atoms with Crippen molar-refractivity contribution >= 4 is 17.0 Å². The standard InChI is InChI=1S/C43H58N2/c1-7-10-17-32(4)18-16-19-33(5)34(6)42(31-44-9-3)39-25-24-38-23-22-35(8-2)43(41(38)30-39)45-40-28-26-37(27-29-40)36-20-14-12-11-13-15-21-36/h16,18-19,24-31,36,44-45H,5-15,17,20-23H2,1-4H3/b19-16-,32-18-,42-31+. The minimum absolute atomic E-state index is 0.712. The Morgan fingerprint density at radius 1 is 0.911 bits per heavy atom. The molecule has 0 radical (unpaired) electrons. The molecular formula is C43H58N2. The van der Waals surface area contributed by atoms with E-state index >= 15 is 0 Å². The molecule has 2 aliphatic carbocycles. The summed E-state index contributed by atoms with van der Waals surface area (Å²) in [4.78, 5) is 0. The molecule has 0 unspecified atom stereocenters. The van der Waals surface area contributed by atoms with Crippen molar-refractivity contribution in [3.63, 3.8) is 0 Å². The fraction of sp³-hybridized carbons (Fsp3) is 0.442. The highest BCUT2D eigenvalue weighted by atomic mass is 14.9. The molecule has 0 spiro atoms. The Hall–Kier alpha value is -3.52. The SMILES string of the molecule is C=C(/C=C\C=C(\C)CCCC)C(=C)/C(=C\NCC)c1ccc2c(c1)C(Nc1ccc(C3CCCCCCC3)cc1)=C(CC)CC2. The lowest BCUT2D eigenvalue weighted by atomic mass is 9.84. The van der Waals surface area contributed by atoms with E-state index in [1.54, 1.807) is 0 Å². The number of unbranched alkanes of at least 4 members (excludes halogenated alkanes) is 1. The summed E-state index contributed by atoms with van der Waals surface area (Å²) in [6.07, 6.45) is 25.0. The zero-order chi connectivity index (χ0) is 32.0. The number of benzene rings is 2. The van der Waals surface area contributed by atoms with Gasteiger partial charge in [0.2, 0.25) is 0 Å². The predicted molar refractivity (Wildman–Crippen MR) is 199 cm³/mol. The smallest absolute Gasteiger partial charge is 0.0452 e. The van der Waals surface area contributed by atoms with Crippen LogP contribution < -0.4 is 10.6 Å². The molecule has 0 heterocycles. The lowest BCUT2D eigenvalue weighted by Gasteiger charge is -2.26. The molecule has 0 atom stereocenters. The number of aryl methyl sites for hydroxylation is 1. The summed E-state index contributed by atoms with van der Waals surface area (Å²) in [5.74, 6) is 0.712. The molecule has 0 amide bonds. The van der Waals surface area contributed by atoms with Crippen LogP contribution in [0.25, 0.3) is 11.3 Å². The first-order valence-corrected chi connectivity index (χ1v) is 17.8. The van der Waals surface area contributed by atoms with Crippen LogP contribution in [0.5, 0.6) is 0 Å². The van der Waals surface area contributed by atoms with Crippen molar-refractivity contribution in [1.82, 2.24) is 5.32 Å². The second-order valence-electron chi connectivity index (χ2n) is 13.1. The van der Waals surface area contributed by atoms with Crippen LogP contribution in [0.4, 0.5) is 5.69 Å². The Bertz CT molecular complexity index is 1400. The molecule has 2 N–H and O–H groups in total. The predicted octanol–water partition coefficient (Wildman–Crippen LogP) is 12.4. The third-order valence-electron chi connectivity index (χ3n) is 9.69. The van der Waals surface area contributed by atoms with Crippen molar-refractivity contribution < 1.29 is 0 Å². The van der Waals surface area contributed by atoms with Crippen LogP contribution in [0.15, 0.2) is 102 Å². The highest BCUT2D eigenvalue weighted by Gasteiger charge is 2.21. The molecule has 45 heavy (non-hydrogen) atoms. The number of allylic oxidation sites excluding steroid dienone is 8. The fourth-order valence-corrected chi connectivity index (χ4v) is 6.77. The van der Waals surface area contributed by atoms with Gasteiger partial charge in [0.1, 0.15) is 0 Å². The van der Waals surface area contributed by atoms with E-state index < -0.39 is 0 Å². The Labute approximate surface area is 275 Å². The van der Waals surface area contributed by atoms with Crippen LogP contribution in [0.3, 0.4) is 0 Å². The van der Waals surface area contributed by atoms with Gasteiger partial charge >= 0.3 is 0 Å². The van der Waals surface area contributed by atoms with E-state index in [1.807, 2.05) is 0 Å². The molecule has 0 aromatic heterocycles. The van der Waals surface area contributed by atoms with Gasteiger partial charge in [0, 0.05) is 35.3 Å². The molecule has 4 rings (SSSR count). The quantitative estimate of drug-likeness (QED) is 0.210. The van der Waals surface area contributed by atoms with E-state index in [2.05, 4.69) is 118 Å². The minimum atomic E-state index is 0.712. The van der Waals surface area contributed by atoms with Crippen molar-refractivity contribution in [3.05, 3.63) is 125 Å². The molecule has 2 aromatic carbocycles. The number of fused-ring (bicyclic) bond motifs is 1. The summed E-state index contributed by atoms with van der Waals surface area (Å²) < 4.78 is 0. The Morgan fingerprint density at radius 3 is 2.33 bits per heavy atom. The minimum Gasteiger partial charge on any atom is -0.391 e. The van der Waals surface area contributed by atoms with Crippen molar-refractivity contribution in [2.45, 2.75) is 117 Å². The van der Waals surface area contributed by atoms with Gasteiger partial charge in [0.25, 0.3) is 0 Å². The molecule has 1 fully saturated rings. The Balaban J connectivity index is 1.58. The molecule has 0 aliphatic heterocycles. The fourth-order valence-electron chi connectivity index (χ4n) is 6.77. The van der Waals surface area contributed by atoms with E-state index in [0.29, 0.717) is 5.92 Å². The van der Waals surface area contributed by atoms with Crippen molar-refractivity contribution in [1.29, 1.82) is 0 Å². The average molecular weight is 603 g/mol. The van der Waals surface area contributed by atoms with Crippen LogP contribution in [0, 0.1) is 0 Å². The topological polar surface area (TPSA) is 24.1 Å². The largest absolute Gasteiger partial charge is 0.391 e. The second kappa shape index (κ2) is 17.8. The highest BCUT2D eigenvalue weighted by Crippen LogP contribution is 2.38. The van der Waals surface area contributed by atoms with E-state index in [9.17, 15) is 0 Å². The van der Waals surface area contributed by atoms with Gasteiger partial charge in [0.15, 0.2) is 0 Å². The maximum absolute atomic E-state index is 4.51. The maximum atomic E-state index is 4.51. The molecular weight excluding hydrogens is 544 g/mol. The van der Waals surface area contributed by atoms with E-state index in [0.717, 1.165) is 48.9 Å². The summed E-state index contributed by atoms with van der Waals surface area (Å²) >= 11 is 0. The van der Waals surface area contributed by atoms with Crippen molar-refractivity contribution in [3.8, 4) is 0 Å². The molecule has 2 aromatic rings. The number of nitrogens with one attached hydrogen (secondary N) is 2. The van der Waals surface area contributed by atoms with Gasteiger partial charge in [-0.15, -0.1) is 0 Å². The van der Waals surface area contributed by atoms with Gasteiger partial charge in [-0.3, -0.25) is 0 Å². The highest BCUT2D eigenvalue weighted by molar-refractivity contribution is 5.88. The summed E-state index contributed by atoms with van der Waals surface area (Å²) in [7, 11) is 0. The molecule has 2 heteroatoms. The number of rotatable bonds is 14. The van der Waals surface area contributed by atoms with Crippen LogP contribution in [-0.2, 0) is 6.42 Å². The Morgan fingerprint density at radius 2 is 1.64 bits per heavy atom. The lowest BCUT2D eigenvalue weighted by Crippen LogP contribution is -2.12. The summed E-state index contributed by atoms with van der Waals surface area (Å²) in [5, 5.41) is 7.33. The maximum Gasteiger partial charge on any atom is 0.0452 e. The number of anilines is 1. The summed E-state index contributed by atoms with van der Waals surface area (Å²) in [6, 6.07) is 16.3. The van der Waals surface area contributed by atoms with Crippen LogP contribution in [0.2, 0.25) is 0 Å². The molecule has 0 saturated heterocycles. The van der Waals surface area contributed by atoms with Gasteiger partial charge in [-0.2, -0.15) is 0 Å². The first kappa shape index (κ1) is 34.4. The zero-order valence-corrected chi connectivity index (χ0v) is 28.7. The van der Waals surface area contributed by atoms with E-state index in [1.165, 1.54) is 103 Å². The van der Waals surface area contributed by atoms with Gasteiger partial charge in [0.05, 0.1) is 0 Å². The van der Waals surface area contributed by atoms with Gasteiger partial charge in [-0.25, -0.2) is 0 Å². The van der Waals surface area contributed by atoms with Crippen molar-refractivity contribution in [2.24, 2.45) is 0 Å². The molecule has 240 valence electrons. The monoisotopic (exact) mass is 602 g/mol. The lowest BCUT2D eigenvalue weighted by molar-refractivity contribution is 0.455. The average Bonchev–Trinajstić information content (AvgIpc) is 3.04. The molecule has 2 aliphatic rings. The number of hydrogen-bond acceptors (Lipinski definition) is 2. The second-order valence-corrected chi connectivity index (χ2v) is 13.1. The van der Waals surface area contributed by atoms with Crippen molar-refractivity contribution in [2.75, 3.05) is 11.9 Å². The van der Waals surface area contributed by atoms with Crippen LogP contribution in [0.1, 0.15) is 133 Å². The van der Waals surface area contributed by atoms with Gasteiger partial charge < -0.3 is 10.6 Å². The van der Waals surface area contributed by atoms with E-state index in [-0.39, 0.29) is 0 Å².